The van der Waals surface area contributed by atoms with E-state index in [4.69, 9.17) is 23.2 Å². The highest BCUT2D eigenvalue weighted by atomic mass is 35.5. The number of halogens is 2. The van der Waals surface area contributed by atoms with Gasteiger partial charge in [0.1, 0.15) is 0 Å². The van der Waals surface area contributed by atoms with Gasteiger partial charge in [-0.25, -0.2) is 9.50 Å². The van der Waals surface area contributed by atoms with Crippen molar-refractivity contribution in [1.82, 2.24) is 19.6 Å². The van der Waals surface area contributed by atoms with Crippen molar-refractivity contribution in [3.05, 3.63) is 45.7 Å². The maximum absolute atomic E-state index is 12.4. The van der Waals surface area contributed by atoms with Crippen molar-refractivity contribution in [2.75, 3.05) is 4.72 Å². The van der Waals surface area contributed by atoms with Crippen LogP contribution in [0.15, 0.2) is 29.4 Å². The Balaban J connectivity index is 2.04. The molecule has 7 nitrogen and oxygen atoms in total. The molecular formula is C13H11Cl2N5O2S. The molecule has 1 aromatic carbocycles. The zero-order valence-electron chi connectivity index (χ0n) is 12.1. The predicted octanol–water partition coefficient (Wildman–Crippen LogP) is 2.85. The number of hydrogen-bond acceptors (Lipinski definition) is 5. The van der Waals surface area contributed by atoms with Crippen LogP contribution in [0.4, 0.5) is 5.69 Å². The zero-order chi connectivity index (χ0) is 16.8. The molecule has 23 heavy (non-hydrogen) atoms. The topological polar surface area (TPSA) is 89.3 Å². The molecule has 0 unspecified atom stereocenters. The minimum absolute atomic E-state index is 0.176. The van der Waals surface area contributed by atoms with E-state index < -0.39 is 10.0 Å². The summed E-state index contributed by atoms with van der Waals surface area (Å²) in [7, 11) is -4.00. The first-order valence-corrected chi connectivity index (χ1v) is 8.69. The Hall–Kier alpha value is -1.90. The van der Waals surface area contributed by atoms with Gasteiger partial charge < -0.3 is 0 Å². The molecule has 2 heterocycles. The van der Waals surface area contributed by atoms with Crippen molar-refractivity contribution >= 4 is 44.7 Å². The molecule has 0 saturated carbocycles. The van der Waals surface area contributed by atoms with E-state index in [-0.39, 0.29) is 21.6 Å². The molecule has 0 aliphatic heterocycles. The monoisotopic (exact) mass is 371 g/mol. The lowest BCUT2D eigenvalue weighted by Crippen LogP contribution is -2.15. The summed E-state index contributed by atoms with van der Waals surface area (Å²) in [5.74, 6) is 0.213. The van der Waals surface area contributed by atoms with Gasteiger partial charge in [0.05, 0.1) is 10.7 Å². The van der Waals surface area contributed by atoms with Crippen LogP contribution in [-0.4, -0.2) is 28.0 Å². The van der Waals surface area contributed by atoms with Crippen LogP contribution in [0.1, 0.15) is 11.4 Å². The molecule has 0 atom stereocenters. The Morgan fingerprint density at radius 2 is 1.87 bits per heavy atom. The summed E-state index contributed by atoms with van der Waals surface area (Å²) in [4.78, 5) is 8.13. The molecule has 0 spiro atoms. The fourth-order valence-electron chi connectivity index (χ4n) is 2.02. The molecule has 0 bridgehead atoms. The van der Waals surface area contributed by atoms with E-state index in [1.54, 1.807) is 19.9 Å². The van der Waals surface area contributed by atoms with Crippen LogP contribution >= 0.6 is 23.2 Å². The van der Waals surface area contributed by atoms with Crippen LogP contribution in [0.2, 0.25) is 10.0 Å². The minimum Gasteiger partial charge on any atom is -0.275 e. The number of aryl methyl sites for hydroxylation is 2. The van der Waals surface area contributed by atoms with Crippen molar-refractivity contribution in [2.24, 2.45) is 0 Å². The molecule has 3 aromatic rings. The summed E-state index contributed by atoms with van der Waals surface area (Å²) in [6, 6.07) is 6.21. The predicted molar refractivity (Wildman–Crippen MR) is 87.5 cm³/mol. The summed E-state index contributed by atoms with van der Waals surface area (Å²) in [5, 5.41) is 4.19. The van der Waals surface area contributed by atoms with E-state index in [1.807, 2.05) is 0 Å². The maximum atomic E-state index is 12.4. The zero-order valence-corrected chi connectivity index (χ0v) is 14.4. The highest BCUT2D eigenvalue weighted by Crippen LogP contribution is 2.27. The summed E-state index contributed by atoms with van der Waals surface area (Å²) < 4.78 is 28.6. The van der Waals surface area contributed by atoms with Gasteiger partial charge in [0.15, 0.2) is 0 Å². The van der Waals surface area contributed by atoms with Crippen molar-refractivity contribution in [1.29, 1.82) is 0 Å². The van der Waals surface area contributed by atoms with E-state index in [9.17, 15) is 8.42 Å². The van der Waals surface area contributed by atoms with Gasteiger partial charge >= 0.3 is 0 Å². The van der Waals surface area contributed by atoms with Crippen LogP contribution < -0.4 is 4.72 Å². The van der Waals surface area contributed by atoms with Crippen LogP contribution in [0.5, 0.6) is 0 Å². The SMILES string of the molecule is Cc1cc(C)n2nc(S(=O)(=O)Nc3ccc(Cl)cc3Cl)nc2n1. The van der Waals surface area contributed by atoms with Gasteiger partial charge in [-0.05, 0) is 38.1 Å². The third-order valence-corrected chi connectivity index (χ3v) is 4.70. The second-order valence-electron chi connectivity index (χ2n) is 4.87. The molecule has 3 rings (SSSR count). The summed E-state index contributed by atoms with van der Waals surface area (Å²) >= 11 is 11.8. The van der Waals surface area contributed by atoms with Gasteiger partial charge in [-0.2, -0.15) is 13.4 Å². The Morgan fingerprint density at radius 3 is 2.57 bits per heavy atom. The first-order chi connectivity index (χ1) is 10.8. The Kier molecular flexibility index (Phi) is 3.91. The van der Waals surface area contributed by atoms with Crippen molar-refractivity contribution in [3.63, 3.8) is 0 Å². The number of fused-ring (bicyclic) bond motifs is 1. The molecule has 2 aromatic heterocycles. The number of nitrogens with one attached hydrogen (secondary N) is 1. The van der Waals surface area contributed by atoms with Gasteiger partial charge in [0.25, 0.3) is 21.0 Å². The van der Waals surface area contributed by atoms with E-state index >= 15 is 0 Å². The van der Waals surface area contributed by atoms with Crippen LogP contribution in [0.25, 0.3) is 5.78 Å². The molecule has 0 aliphatic carbocycles. The molecule has 0 aliphatic rings. The lowest BCUT2D eigenvalue weighted by molar-refractivity contribution is 0.592. The third kappa shape index (κ3) is 3.10. The summed E-state index contributed by atoms with van der Waals surface area (Å²) in [6.45, 7) is 3.58. The first-order valence-electron chi connectivity index (χ1n) is 6.45. The van der Waals surface area contributed by atoms with Gasteiger partial charge in [0.2, 0.25) is 0 Å². The number of anilines is 1. The molecule has 0 radical (unpaired) electrons. The largest absolute Gasteiger partial charge is 0.299 e. The Morgan fingerprint density at radius 1 is 1.13 bits per heavy atom. The fraction of sp³-hybridized carbons (Fsp3) is 0.154. The van der Waals surface area contributed by atoms with Gasteiger partial charge in [-0.1, -0.05) is 23.2 Å². The van der Waals surface area contributed by atoms with E-state index in [0.717, 1.165) is 11.4 Å². The van der Waals surface area contributed by atoms with E-state index in [2.05, 4.69) is 19.8 Å². The van der Waals surface area contributed by atoms with Crippen molar-refractivity contribution < 1.29 is 8.42 Å². The number of sulfonamides is 1. The average Bonchev–Trinajstić information content (AvgIpc) is 2.87. The highest BCUT2D eigenvalue weighted by molar-refractivity contribution is 7.92. The summed E-state index contributed by atoms with van der Waals surface area (Å²) in [5.41, 5.74) is 1.64. The number of benzene rings is 1. The maximum Gasteiger partial charge on any atom is 0.299 e. The third-order valence-electron chi connectivity index (χ3n) is 3.01. The highest BCUT2D eigenvalue weighted by Gasteiger charge is 2.22. The molecular weight excluding hydrogens is 361 g/mol. The van der Waals surface area contributed by atoms with Crippen molar-refractivity contribution in [2.45, 2.75) is 19.0 Å². The lowest BCUT2D eigenvalue weighted by Gasteiger charge is -2.06. The number of hydrogen-bond donors (Lipinski definition) is 1. The average molecular weight is 372 g/mol. The standard InChI is InChI=1S/C13H11Cl2N5O2S/c1-7-5-8(2)20-12(16-7)17-13(18-20)23(21,22)19-11-4-3-9(14)6-10(11)15/h3-6,19H,1-2H3. The fourth-order valence-corrected chi connectivity index (χ4v) is 3.49. The van der Waals surface area contributed by atoms with E-state index in [1.165, 1.54) is 22.7 Å². The van der Waals surface area contributed by atoms with Crippen LogP contribution in [-0.2, 0) is 10.0 Å². The second kappa shape index (κ2) is 5.63. The number of nitrogens with zero attached hydrogens (tertiary/aromatic N) is 4. The quantitative estimate of drug-likeness (QED) is 0.764. The first kappa shape index (κ1) is 16.0. The number of rotatable bonds is 3. The molecule has 120 valence electrons. The normalized spacial score (nSPS) is 11.8. The number of aromatic nitrogens is 4. The molecule has 10 heteroatoms. The Bertz CT molecular complexity index is 1020. The second-order valence-corrected chi connectivity index (χ2v) is 7.29. The molecule has 1 N–H and O–H groups in total. The van der Waals surface area contributed by atoms with Gasteiger partial charge in [0, 0.05) is 16.4 Å². The van der Waals surface area contributed by atoms with Gasteiger partial charge in [-0.3, -0.25) is 4.72 Å². The Labute approximate surface area is 142 Å². The van der Waals surface area contributed by atoms with Crippen LogP contribution in [0, 0.1) is 13.8 Å². The lowest BCUT2D eigenvalue weighted by atomic mass is 10.3. The molecule has 0 fully saturated rings. The molecule has 0 amide bonds. The minimum atomic E-state index is -4.00. The van der Waals surface area contributed by atoms with Crippen LogP contribution in [0.3, 0.4) is 0 Å². The van der Waals surface area contributed by atoms with E-state index in [0.29, 0.717) is 5.02 Å². The smallest absolute Gasteiger partial charge is 0.275 e. The van der Waals surface area contributed by atoms with Crippen molar-refractivity contribution in [3.8, 4) is 0 Å². The van der Waals surface area contributed by atoms with Gasteiger partial charge in [-0.15, -0.1) is 5.10 Å². The molecule has 0 saturated heterocycles. The summed E-state index contributed by atoms with van der Waals surface area (Å²) in [6.07, 6.45) is 0.